The van der Waals surface area contributed by atoms with Gasteiger partial charge in [0.1, 0.15) is 0 Å². The number of nitrogens with zero attached hydrogens (tertiary/aromatic N) is 2. The van der Waals surface area contributed by atoms with Gasteiger partial charge in [-0.25, -0.2) is 0 Å². The summed E-state index contributed by atoms with van der Waals surface area (Å²) < 4.78 is 12.6. The molecule has 6 nitrogen and oxygen atoms in total. The second-order valence-corrected chi connectivity index (χ2v) is 7.89. The fourth-order valence-electron chi connectivity index (χ4n) is 3.14. The van der Waals surface area contributed by atoms with Gasteiger partial charge < -0.3 is 5.32 Å². The van der Waals surface area contributed by atoms with Crippen molar-refractivity contribution < 1.29 is 9.13 Å². The van der Waals surface area contributed by atoms with Crippen LogP contribution in [-0.2, 0) is 16.6 Å². The summed E-state index contributed by atoms with van der Waals surface area (Å²) in [5, 5.41) is 15.8. The average Bonchev–Trinajstić information content (AvgIpc) is 2.74. The molecule has 0 saturated carbocycles. The number of pyridine rings is 1. The summed E-state index contributed by atoms with van der Waals surface area (Å²) in [5.41, 5.74) is 2.52. The van der Waals surface area contributed by atoms with Gasteiger partial charge in [0, 0.05) is 40.1 Å². The molecule has 0 bridgehead atoms. The monoisotopic (exact) mass is 403 g/mol. The quantitative estimate of drug-likeness (QED) is 0.353. The van der Waals surface area contributed by atoms with E-state index in [1.54, 1.807) is 18.3 Å². The molecule has 4 rings (SSSR count). The number of aromatic nitrogens is 1. The SMILES string of the molecule is O=[N+]([O-])c1ccc(Nc2cccc(CS(=O)c3ccccc3)c2)c2ccncc12. The molecule has 1 heterocycles. The first kappa shape index (κ1) is 18.8. The highest BCUT2D eigenvalue weighted by Crippen LogP contribution is 2.32. The highest BCUT2D eigenvalue weighted by Gasteiger charge is 2.14. The smallest absolute Gasteiger partial charge is 0.278 e. The van der Waals surface area contributed by atoms with E-state index in [-0.39, 0.29) is 5.69 Å². The van der Waals surface area contributed by atoms with Crippen molar-refractivity contribution in [1.82, 2.24) is 4.98 Å². The molecule has 1 atom stereocenters. The van der Waals surface area contributed by atoms with E-state index >= 15 is 0 Å². The molecule has 0 amide bonds. The summed E-state index contributed by atoms with van der Waals surface area (Å²) in [4.78, 5) is 15.7. The lowest BCUT2D eigenvalue weighted by Crippen LogP contribution is -1.98. The standard InChI is InChI=1S/C22H17N3O3S/c26-25(27)22-10-9-21(19-11-12-23-14-20(19)22)24-17-6-4-5-16(13-17)15-29(28)18-7-2-1-3-8-18/h1-14,24H,15H2. The Labute approximate surface area is 169 Å². The first-order valence-corrected chi connectivity index (χ1v) is 10.2. The van der Waals surface area contributed by atoms with Crippen LogP contribution in [0.15, 0.2) is 90.1 Å². The van der Waals surface area contributed by atoms with Crippen molar-refractivity contribution in [3.63, 3.8) is 0 Å². The Morgan fingerprint density at radius 2 is 1.79 bits per heavy atom. The second-order valence-electron chi connectivity index (χ2n) is 6.44. The molecular formula is C22H17N3O3S. The summed E-state index contributed by atoms with van der Waals surface area (Å²) in [6.45, 7) is 0. The summed E-state index contributed by atoms with van der Waals surface area (Å²) in [6.07, 6.45) is 3.11. The van der Waals surface area contributed by atoms with E-state index in [0.29, 0.717) is 16.5 Å². The van der Waals surface area contributed by atoms with Crippen molar-refractivity contribution in [2.45, 2.75) is 10.6 Å². The van der Waals surface area contributed by atoms with Crippen LogP contribution in [-0.4, -0.2) is 14.1 Å². The molecule has 4 aromatic rings. The molecular weight excluding hydrogens is 386 g/mol. The van der Waals surface area contributed by atoms with E-state index in [1.165, 1.54) is 12.3 Å². The summed E-state index contributed by atoms with van der Waals surface area (Å²) in [6, 6.07) is 22.0. The zero-order chi connectivity index (χ0) is 20.2. The number of non-ortho nitro benzene ring substituents is 1. The highest BCUT2D eigenvalue weighted by molar-refractivity contribution is 7.84. The van der Waals surface area contributed by atoms with Crippen LogP contribution in [0.2, 0.25) is 0 Å². The molecule has 144 valence electrons. The van der Waals surface area contributed by atoms with Crippen LogP contribution in [0.3, 0.4) is 0 Å². The minimum Gasteiger partial charge on any atom is -0.355 e. The lowest BCUT2D eigenvalue weighted by atomic mass is 10.1. The van der Waals surface area contributed by atoms with Crippen molar-refractivity contribution in [2.75, 3.05) is 5.32 Å². The highest BCUT2D eigenvalue weighted by atomic mass is 32.2. The maximum absolute atomic E-state index is 12.6. The van der Waals surface area contributed by atoms with Gasteiger partial charge in [0.05, 0.1) is 26.9 Å². The number of hydrogen-bond donors (Lipinski definition) is 1. The van der Waals surface area contributed by atoms with Crippen LogP contribution in [0.5, 0.6) is 0 Å². The van der Waals surface area contributed by atoms with E-state index in [4.69, 9.17) is 0 Å². The van der Waals surface area contributed by atoms with Gasteiger partial charge in [0.2, 0.25) is 0 Å². The summed E-state index contributed by atoms with van der Waals surface area (Å²) >= 11 is 0. The zero-order valence-electron chi connectivity index (χ0n) is 15.3. The molecule has 0 aliphatic heterocycles. The van der Waals surface area contributed by atoms with Gasteiger partial charge in [0.15, 0.2) is 0 Å². The van der Waals surface area contributed by atoms with Gasteiger partial charge in [-0.05, 0) is 42.0 Å². The predicted molar refractivity (Wildman–Crippen MR) is 115 cm³/mol. The van der Waals surface area contributed by atoms with Crippen LogP contribution in [0.1, 0.15) is 5.56 Å². The molecule has 1 N–H and O–H groups in total. The normalized spacial score (nSPS) is 11.9. The average molecular weight is 403 g/mol. The van der Waals surface area contributed by atoms with Crippen LogP contribution in [0.25, 0.3) is 10.8 Å². The molecule has 0 fully saturated rings. The minimum atomic E-state index is -1.13. The largest absolute Gasteiger partial charge is 0.355 e. The summed E-state index contributed by atoms with van der Waals surface area (Å²) in [7, 11) is -1.13. The van der Waals surface area contributed by atoms with Crippen LogP contribution in [0.4, 0.5) is 17.1 Å². The van der Waals surface area contributed by atoms with Gasteiger partial charge in [-0.3, -0.25) is 19.3 Å². The number of hydrogen-bond acceptors (Lipinski definition) is 5. The molecule has 7 heteroatoms. The second kappa shape index (κ2) is 8.20. The molecule has 1 unspecified atom stereocenters. The predicted octanol–water partition coefficient (Wildman–Crippen LogP) is 5.19. The molecule has 0 aliphatic rings. The number of nitrogens with one attached hydrogen (secondary N) is 1. The van der Waals surface area contributed by atoms with E-state index in [9.17, 15) is 14.3 Å². The Kier molecular flexibility index (Phi) is 5.31. The van der Waals surface area contributed by atoms with Gasteiger partial charge in [-0.2, -0.15) is 0 Å². The number of nitro groups is 1. The fourth-order valence-corrected chi connectivity index (χ4v) is 4.25. The molecule has 0 aliphatic carbocycles. The number of anilines is 2. The fraction of sp³-hybridized carbons (Fsp3) is 0.0455. The lowest BCUT2D eigenvalue weighted by molar-refractivity contribution is -0.383. The molecule has 0 radical (unpaired) electrons. The Morgan fingerprint density at radius 3 is 2.59 bits per heavy atom. The van der Waals surface area contributed by atoms with Gasteiger partial charge in [-0.1, -0.05) is 30.3 Å². The number of rotatable bonds is 6. The maximum Gasteiger partial charge on any atom is 0.278 e. The van der Waals surface area contributed by atoms with Crippen molar-refractivity contribution >= 4 is 38.6 Å². The molecule has 0 saturated heterocycles. The van der Waals surface area contributed by atoms with Gasteiger partial charge in [0.25, 0.3) is 5.69 Å². The van der Waals surface area contributed by atoms with E-state index in [1.807, 2.05) is 54.6 Å². The third-order valence-electron chi connectivity index (χ3n) is 4.50. The van der Waals surface area contributed by atoms with E-state index in [0.717, 1.165) is 21.8 Å². The van der Waals surface area contributed by atoms with E-state index in [2.05, 4.69) is 10.3 Å². The molecule has 0 spiro atoms. The minimum absolute atomic E-state index is 0.0191. The Bertz CT molecular complexity index is 1210. The first-order chi connectivity index (χ1) is 14.1. The van der Waals surface area contributed by atoms with Crippen LogP contribution < -0.4 is 5.32 Å². The number of benzene rings is 3. The van der Waals surface area contributed by atoms with Crippen molar-refractivity contribution in [2.24, 2.45) is 0 Å². The van der Waals surface area contributed by atoms with E-state index < -0.39 is 15.7 Å². The summed E-state index contributed by atoms with van der Waals surface area (Å²) in [5.74, 6) is 0.407. The third-order valence-corrected chi connectivity index (χ3v) is 5.90. The molecule has 29 heavy (non-hydrogen) atoms. The van der Waals surface area contributed by atoms with Crippen LogP contribution in [0, 0.1) is 10.1 Å². The number of nitro benzene ring substituents is 1. The lowest BCUT2D eigenvalue weighted by Gasteiger charge is -2.11. The van der Waals surface area contributed by atoms with Gasteiger partial charge >= 0.3 is 0 Å². The molecule has 3 aromatic carbocycles. The Balaban J connectivity index is 1.61. The Morgan fingerprint density at radius 1 is 0.966 bits per heavy atom. The van der Waals surface area contributed by atoms with Crippen molar-refractivity contribution in [1.29, 1.82) is 0 Å². The third kappa shape index (κ3) is 4.14. The Hall–Kier alpha value is -3.58. The maximum atomic E-state index is 12.6. The number of fused-ring (bicyclic) bond motifs is 1. The van der Waals surface area contributed by atoms with Crippen molar-refractivity contribution in [3.05, 3.63) is 101 Å². The zero-order valence-corrected chi connectivity index (χ0v) is 16.1. The van der Waals surface area contributed by atoms with Crippen molar-refractivity contribution in [3.8, 4) is 0 Å². The van der Waals surface area contributed by atoms with Gasteiger partial charge in [-0.15, -0.1) is 0 Å². The molecule has 1 aromatic heterocycles. The first-order valence-electron chi connectivity index (χ1n) is 8.92. The van der Waals surface area contributed by atoms with Crippen LogP contribution >= 0.6 is 0 Å². The topological polar surface area (TPSA) is 85.1 Å².